The predicted octanol–water partition coefficient (Wildman–Crippen LogP) is -0.0983. The van der Waals surface area contributed by atoms with Crippen molar-refractivity contribution in [3.63, 3.8) is 0 Å². The molecule has 0 bridgehead atoms. The average molecular weight is 313 g/mol. The van der Waals surface area contributed by atoms with Crippen molar-refractivity contribution >= 4 is 34.3 Å². The molecule has 1 aliphatic rings. The number of carbonyl (C=O) groups excluding carboxylic acids is 1. The Hall–Kier alpha value is -2.16. The summed E-state index contributed by atoms with van der Waals surface area (Å²) in [6.07, 6.45) is 0.176. The summed E-state index contributed by atoms with van der Waals surface area (Å²) in [6.45, 7) is 0.143. The Balaban J connectivity index is 2.03. The van der Waals surface area contributed by atoms with Crippen LogP contribution in [0.15, 0.2) is 5.38 Å². The van der Waals surface area contributed by atoms with Crippen molar-refractivity contribution in [2.24, 2.45) is 11.8 Å². The van der Waals surface area contributed by atoms with Gasteiger partial charge in [-0.3, -0.25) is 14.4 Å². The van der Waals surface area contributed by atoms with Gasteiger partial charge in [0.15, 0.2) is 5.13 Å². The molecule has 2 rings (SSSR count). The summed E-state index contributed by atoms with van der Waals surface area (Å²) in [6, 6.07) is 0. The number of rotatable bonds is 4. The van der Waals surface area contributed by atoms with Gasteiger partial charge in [-0.2, -0.15) is 0 Å². The zero-order chi connectivity index (χ0) is 15.6. The van der Waals surface area contributed by atoms with Gasteiger partial charge in [0.25, 0.3) is 0 Å². The van der Waals surface area contributed by atoms with Crippen LogP contribution in [0.4, 0.5) is 5.13 Å². The Bertz CT molecular complexity index is 573. The van der Waals surface area contributed by atoms with E-state index in [-0.39, 0.29) is 31.8 Å². The second-order valence-electron chi connectivity index (χ2n) is 4.87. The zero-order valence-electron chi connectivity index (χ0n) is 11.1. The van der Waals surface area contributed by atoms with Crippen molar-refractivity contribution in [3.05, 3.63) is 11.1 Å². The highest BCUT2D eigenvalue weighted by Gasteiger charge is 2.40. The third-order valence-corrected chi connectivity index (χ3v) is 4.22. The van der Waals surface area contributed by atoms with Crippen molar-refractivity contribution < 1.29 is 24.6 Å². The molecule has 0 aromatic carbocycles. The number of nitrogens with zero attached hydrogens (tertiary/aromatic N) is 2. The lowest BCUT2D eigenvalue weighted by Gasteiger charge is -2.34. The van der Waals surface area contributed by atoms with Crippen molar-refractivity contribution in [1.82, 2.24) is 9.88 Å². The van der Waals surface area contributed by atoms with Crippen LogP contribution in [0.3, 0.4) is 0 Å². The van der Waals surface area contributed by atoms with Crippen molar-refractivity contribution in [2.45, 2.75) is 12.8 Å². The molecule has 8 nitrogen and oxygen atoms in total. The van der Waals surface area contributed by atoms with E-state index in [0.29, 0.717) is 10.8 Å². The van der Waals surface area contributed by atoms with E-state index in [1.807, 2.05) is 0 Å². The van der Waals surface area contributed by atoms with Gasteiger partial charge in [0.2, 0.25) is 5.91 Å². The predicted molar refractivity (Wildman–Crippen MR) is 73.7 cm³/mol. The van der Waals surface area contributed by atoms with Crippen LogP contribution in [0.5, 0.6) is 0 Å². The summed E-state index contributed by atoms with van der Waals surface area (Å²) in [7, 11) is 0. The Labute approximate surface area is 124 Å². The molecule has 1 fully saturated rings. The number of hydrogen-bond donors (Lipinski definition) is 3. The normalized spacial score (nSPS) is 22.0. The monoisotopic (exact) mass is 313 g/mol. The number of thiazole rings is 1. The molecule has 1 aliphatic heterocycles. The summed E-state index contributed by atoms with van der Waals surface area (Å²) in [5.74, 6) is -4.64. The summed E-state index contributed by atoms with van der Waals surface area (Å²) in [5, 5.41) is 20.2. The van der Waals surface area contributed by atoms with Crippen LogP contribution in [-0.4, -0.2) is 51.0 Å². The molecule has 9 heteroatoms. The highest BCUT2D eigenvalue weighted by molar-refractivity contribution is 7.13. The number of carboxylic acids is 2. The molecule has 114 valence electrons. The third kappa shape index (κ3) is 3.48. The summed E-state index contributed by atoms with van der Waals surface area (Å²) in [4.78, 5) is 39.7. The lowest BCUT2D eigenvalue weighted by molar-refractivity contribution is -0.159. The van der Waals surface area contributed by atoms with E-state index in [1.54, 1.807) is 5.38 Å². The maximum atomic E-state index is 12.1. The molecule has 2 heterocycles. The number of carboxylic acid groups (broad SMARTS) is 2. The minimum atomic E-state index is -1.20. The highest BCUT2D eigenvalue weighted by atomic mass is 32.1. The first-order valence-electron chi connectivity index (χ1n) is 6.31. The van der Waals surface area contributed by atoms with E-state index in [1.165, 1.54) is 16.2 Å². The quantitative estimate of drug-likeness (QED) is 0.706. The number of likely N-dealkylation sites (tertiary alicyclic amines) is 1. The summed E-state index contributed by atoms with van der Waals surface area (Å²) in [5.41, 5.74) is 6.02. The first kappa shape index (κ1) is 15.2. The minimum absolute atomic E-state index is 0.0395. The Morgan fingerprint density at radius 3 is 2.52 bits per heavy atom. The average Bonchev–Trinajstić information content (AvgIpc) is 2.83. The van der Waals surface area contributed by atoms with Gasteiger partial charge in [-0.1, -0.05) is 0 Å². The minimum Gasteiger partial charge on any atom is -0.481 e. The number of piperidine rings is 1. The molecule has 0 radical (unpaired) electrons. The number of hydrogen-bond acceptors (Lipinski definition) is 6. The fourth-order valence-electron chi connectivity index (χ4n) is 2.39. The number of nitrogen functional groups attached to an aromatic ring is 1. The number of carbonyl (C=O) groups is 3. The zero-order valence-corrected chi connectivity index (χ0v) is 11.9. The van der Waals surface area contributed by atoms with Crippen LogP contribution in [0, 0.1) is 11.8 Å². The molecule has 1 aromatic heterocycles. The molecular formula is C12H15N3O5S. The van der Waals surface area contributed by atoms with Crippen LogP contribution in [0.2, 0.25) is 0 Å². The smallest absolute Gasteiger partial charge is 0.309 e. The molecule has 4 N–H and O–H groups in total. The second kappa shape index (κ2) is 6.08. The van der Waals surface area contributed by atoms with E-state index >= 15 is 0 Å². The Morgan fingerprint density at radius 2 is 2.00 bits per heavy atom. The van der Waals surface area contributed by atoms with Gasteiger partial charge in [-0.25, -0.2) is 4.98 Å². The number of amides is 1. The lowest BCUT2D eigenvalue weighted by Crippen LogP contribution is -2.49. The van der Waals surface area contributed by atoms with Crippen LogP contribution in [-0.2, 0) is 20.8 Å². The van der Waals surface area contributed by atoms with Crippen molar-refractivity contribution in [1.29, 1.82) is 0 Å². The standard InChI is InChI=1S/C12H15N3O5S/c13-12-14-6(5-21-12)3-9(16)15-2-1-7(10(17)18)8(4-15)11(19)20/h5,7-8H,1-4H2,(H2,13,14)(H,17,18)(H,19,20). The third-order valence-electron chi connectivity index (χ3n) is 3.50. The lowest BCUT2D eigenvalue weighted by atomic mass is 9.85. The van der Waals surface area contributed by atoms with Gasteiger partial charge in [0.05, 0.1) is 24.0 Å². The Morgan fingerprint density at radius 1 is 1.33 bits per heavy atom. The van der Waals surface area contributed by atoms with Gasteiger partial charge < -0.3 is 20.8 Å². The maximum Gasteiger partial charge on any atom is 0.309 e. The van der Waals surface area contributed by atoms with E-state index < -0.39 is 23.8 Å². The molecule has 1 saturated heterocycles. The van der Waals surface area contributed by atoms with Crippen molar-refractivity contribution in [2.75, 3.05) is 18.8 Å². The largest absolute Gasteiger partial charge is 0.481 e. The molecule has 1 aromatic rings. The summed E-state index contributed by atoms with van der Waals surface area (Å²) < 4.78 is 0. The van der Waals surface area contributed by atoms with Crippen LogP contribution in [0.25, 0.3) is 0 Å². The molecule has 2 unspecified atom stereocenters. The van der Waals surface area contributed by atoms with Gasteiger partial charge >= 0.3 is 11.9 Å². The molecule has 2 atom stereocenters. The second-order valence-corrected chi connectivity index (χ2v) is 5.76. The topological polar surface area (TPSA) is 134 Å². The van der Waals surface area contributed by atoms with Gasteiger partial charge in [-0.05, 0) is 6.42 Å². The number of aliphatic carboxylic acids is 2. The van der Waals surface area contributed by atoms with Gasteiger partial charge in [-0.15, -0.1) is 11.3 Å². The van der Waals surface area contributed by atoms with Gasteiger partial charge in [0, 0.05) is 18.5 Å². The van der Waals surface area contributed by atoms with Crippen LogP contribution < -0.4 is 5.73 Å². The molecule has 0 spiro atoms. The van der Waals surface area contributed by atoms with Crippen LogP contribution in [0.1, 0.15) is 12.1 Å². The molecular weight excluding hydrogens is 298 g/mol. The van der Waals surface area contributed by atoms with Crippen LogP contribution >= 0.6 is 11.3 Å². The van der Waals surface area contributed by atoms with Crippen molar-refractivity contribution in [3.8, 4) is 0 Å². The fraction of sp³-hybridized carbons (Fsp3) is 0.500. The molecule has 1 amide bonds. The van der Waals surface area contributed by atoms with E-state index in [4.69, 9.17) is 15.9 Å². The Kier molecular flexibility index (Phi) is 4.41. The first-order valence-corrected chi connectivity index (χ1v) is 7.19. The van der Waals surface area contributed by atoms with E-state index in [2.05, 4.69) is 4.98 Å². The maximum absolute atomic E-state index is 12.1. The fourth-order valence-corrected chi connectivity index (χ4v) is 2.96. The van der Waals surface area contributed by atoms with Gasteiger partial charge in [0.1, 0.15) is 0 Å². The molecule has 0 saturated carbocycles. The highest BCUT2D eigenvalue weighted by Crippen LogP contribution is 2.25. The number of nitrogens with two attached hydrogens (primary N) is 1. The molecule has 0 aliphatic carbocycles. The summed E-state index contributed by atoms with van der Waals surface area (Å²) >= 11 is 1.23. The number of anilines is 1. The SMILES string of the molecule is Nc1nc(CC(=O)N2CCC(C(=O)O)C(C(=O)O)C2)cs1. The number of aromatic nitrogens is 1. The van der Waals surface area contributed by atoms with E-state index in [0.717, 1.165) is 0 Å². The first-order chi connectivity index (χ1) is 9.88. The van der Waals surface area contributed by atoms with E-state index in [9.17, 15) is 14.4 Å². The molecule has 21 heavy (non-hydrogen) atoms.